The largest absolute Gasteiger partial charge is 0.360 e. The zero-order valence-electron chi connectivity index (χ0n) is 14.4. The number of nitrogens with zero attached hydrogens (tertiary/aromatic N) is 1. The highest BCUT2D eigenvalue weighted by Gasteiger charge is 2.21. The number of aromatic amines is 1. The lowest BCUT2D eigenvalue weighted by molar-refractivity contribution is 0.0773. The molecule has 0 spiro atoms. The number of hydrogen-bond acceptors (Lipinski definition) is 1. The first-order chi connectivity index (χ1) is 12.5. The predicted octanol–water partition coefficient (Wildman–Crippen LogP) is 5.71. The summed E-state index contributed by atoms with van der Waals surface area (Å²) >= 11 is 12.0. The van der Waals surface area contributed by atoms with Crippen LogP contribution in [0.4, 0.5) is 0 Å². The molecule has 0 bridgehead atoms. The lowest BCUT2D eigenvalue weighted by Gasteiger charge is -2.26. The highest BCUT2D eigenvalue weighted by atomic mass is 35.5. The summed E-state index contributed by atoms with van der Waals surface area (Å²) in [6, 6.07) is 11.3. The Balaban J connectivity index is 1.58. The van der Waals surface area contributed by atoms with Gasteiger partial charge in [-0.15, -0.1) is 0 Å². The fourth-order valence-electron chi connectivity index (χ4n) is 3.53. The van der Waals surface area contributed by atoms with Crippen LogP contribution in [0.25, 0.3) is 16.5 Å². The standard InChI is InChI=1S/C21H18Cl2N2O/c1-13-3-2-4-18-19(12-24-20(13)18)14-5-7-25(8-6-14)21(26)15-9-16(22)11-17(23)10-15/h2-5,9-12,24H,6-8H2,1H3. The second-order valence-corrected chi connectivity index (χ2v) is 7.46. The molecule has 1 aliphatic heterocycles. The van der Waals surface area contributed by atoms with Gasteiger partial charge in [0.1, 0.15) is 0 Å². The highest BCUT2D eigenvalue weighted by molar-refractivity contribution is 6.35. The molecule has 2 aromatic carbocycles. The van der Waals surface area contributed by atoms with Crippen molar-refractivity contribution in [3.63, 3.8) is 0 Å². The molecule has 26 heavy (non-hydrogen) atoms. The molecule has 0 atom stereocenters. The van der Waals surface area contributed by atoms with Crippen molar-refractivity contribution in [3.05, 3.63) is 75.4 Å². The maximum absolute atomic E-state index is 12.7. The van der Waals surface area contributed by atoms with E-state index in [0.29, 0.717) is 28.7 Å². The summed E-state index contributed by atoms with van der Waals surface area (Å²) in [5.41, 5.74) is 5.44. The van der Waals surface area contributed by atoms with Gasteiger partial charge in [-0.1, -0.05) is 47.5 Å². The van der Waals surface area contributed by atoms with Gasteiger partial charge >= 0.3 is 0 Å². The average Bonchev–Trinajstić information content (AvgIpc) is 3.06. The first kappa shape index (κ1) is 17.2. The van der Waals surface area contributed by atoms with Crippen molar-refractivity contribution in [3.8, 4) is 0 Å². The molecule has 3 aromatic rings. The fourth-order valence-corrected chi connectivity index (χ4v) is 4.06. The molecule has 3 nitrogen and oxygen atoms in total. The summed E-state index contributed by atoms with van der Waals surface area (Å²) in [6.07, 6.45) is 5.02. The number of halogens is 2. The number of amides is 1. The molecule has 0 saturated carbocycles. The second kappa shape index (κ2) is 6.82. The van der Waals surface area contributed by atoms with Crippen LogP contribution >= 0.6 is 23.2 Å². The van der Waals surface area contributed by atoms with Crippen LogP contribution in [0.15, 0.2) is 48.7 Å². The first-order valence-electron chi connectivity index (χ1n) is 8.54. The maximum Gasteiger partial charge on any atom is 0.254 e. The molecule has 0 unspecified atom stereocenters. The third kappa shape index (κ3) is 3.13. The summed E-state index contributed by atoms with van der Waals surface area (Å²) in [5.74, 6) is -0.0422. The fraction of sp³-hybridized carbons (Fsp3) is 0.190. The van der Waals surface area contributed by atoms with Crippen LogP contribution in [0.2, 0.25) is 10.0 Å². The van der Waals surface area contributed by atoms with Gasteiger partial charge in [-0.2, -0.15) is 0 Å². The molecule has 1 amide bonds. The Morgan fingerprint density at radius 2 is 1.92 bits per heavy atom. The van der Waals surface area contributed by atoms with Gasteiger partial charge < -0.3 is 9.88 Å². The van der Waals surface area contributed by atoms with Crippen molar-refractivity contribution in [2.24, 2.45) is 0 Å². The van der Waals surface area contributed by atoms with Crippen molar-refractivity contribution in [1.29, 1.82) is 0 Å². The summed E-state index contributed by atoms with van der Waals surface area (Å²) < 4.78 is 0. The van der Waals surface area contributed by atoms with Crippen LogP contribution in [0, 0.1) is 6.92 Å². The van der Waals surface area contributed by atoms with Crippen molar-refractivity contribution in [2.75, 3.05) is 13.1 Å². The molecule has 4 rings (SSSR count). The van der Waals surface area contributed by atoms with Gasteiger partial charge in [0.05, 0.1) is 0 Å². The molecule has 0 fully saturated rings. The van der Waals surface area contributed by atoms with Gasteiger partial charge in [0.25, 0.3) is 5.91 Å². The van der Waals surface area contributed by atoms with Crippen LogP contribution < -0.4 is 0 Å². The van der Waals surface area contributed by atoms with Gasteiger partial charge in [0.2, 0.25) is 0 Å². The Labute approximate surface area is 162 Å². The van der Waals surface area contributed by atoms with E-state index >= 15 is 0 Å². The molecular formula is C21H18Cl2N2O. The summed E-state index contributed by atoms with van der Waals surface area (Å²) in [7, 11) is 0. The van der Waals surface area contributed by atoms with Crippen LogP contribution in [-0.4, -0.2) is 28.9 Å². The van der Waals surface area contributed by atoms with Gasteiger partial charge in [-0.25, -0.2) is 0 Å². The van der Waals surface area contributed by atoms with Gasteiger partial charge in [0.15, 0.2) is 0 Å². The van der Waals surface area contributed by atoms with E-state index in [2.05, 4.69) is 42.4 Å². The molecule has 1 aliphatic rings. The Bertz CT molecular complexity index is 1020. The minimum Gasteiger partial charge on any atom is -0.360 e. The Kier molecular flexibility index (Phi) is 4.51. The first-order valence-corrected chi connectivity index (χ1v) is 9.30. The number of rotatable bonds is 2. The number of fused-ring (bicyclic) bond motifs is 1. The Morgan fingerprint density at radius 3 is 2.62 bits per heavy atom. The number of para-hydroxylation sites is 1. The normalized spacial score (nSPS) is 14.6. The van der Waals surface area contributed by atoms with Crippen LogP contribution in [0.5, 0.6) is 0 Å². The summed E-state index contributed by atoms with van der Waals surface area (Å²) in [6.45, 7) is 3.36. The molecule has 132 valence electrons. The lowest BCUT2D eigenvalue weighted by atomic mass is 9.98. The molecule has 1 aromatic heterocycles. The van der Waals surface area contributed by atoms with E-state index in [1.807, 2.05) is 4.90 Å². The number of H-pyrrole nitrogens is 1. The summed E-state index contributed by atoms with van der Waals surface area (Å²) in [5, 5.41) is 2.18. The van der Waals surface area contributed by atoms with Gasteiger partial charge in [-0.3, -0.25) is 4.79 Å². The molecule has 2 heterocycles. The Hall–Kier alpha value is -2.23. The predicted molar refractivity (Wildman–Crippen MR) is 108 cm³/mol. The third-order valence-electron chi connectivity index (χ3n) is 4.88. The topological polar surface area (TPSA) is 36.1 Å². The van der Waals surface area contributed by atoms with Crippen molar-refractivity contribution >= 4 is 45.6 Å². The number of aryl methyl sites for hydroxylation is 1. The molecule has 0 radical (unpaired) electrons. The maximum atomic E-state index is 12.7. The molecule has 5 heteroatoms. The third-order valence-corrected chi connectivity index (χ3v) is 5.31. The number of nitrogens with one attached hydrogen (secondary N) is 1. The zero-order valence-corrected chi connectivity index (χ0v) is 15.9. The van der Waals surface area contributed by atoms with Crippen molar-refractivity contribution in [1.82, 2.24) is 9.88 Å². The van der Waals surface area contributed by atoms with Gasteiger partial charge in [-0.05, 0) is 42.7 Å². The summed E-state index contributed by atoms with van der Waals surface area (Å²) in [4.78, 5) is 17.9. The van der Waals surface area contributed by atoms with Crippen LogP contribution in [0.3, 0.4) is 0 Å². The van der Waals surface area contributed by atoms with E-state index in [1.54, 1.807) is 18.2 Å². The minimum atomic E-state index is -0.0422. The lowest BCUT2D eigenvalue weighted by Crippen LogP contribution is -2.34. The van der Waals surface area contributed by atoms with E-state index in [9.17, 15) is 4.79 Å². The van der Waals surface area contributed by atoms with Gasteiger partial charge in [0, 0.05) is 51.4 Å². The van der Waals surface area contributed by atoms with Crippen LogP contribution in [0.1, 0.15) is 27.9 Å². The molecule has 1 N–H and O–H groups in total. The number of hydrogen-bond donors (Lipinski definition) is 1. The number of carbonyl (C=O) groups excluding carboxylic acids is 1. The molecule has 0 saturated heterocycles. The Morgan fingerprint density at radius 1 is 1.15 bits per heavy atom. The SMILES string of the molecule is Cc1cccc2c(C3=CCN(C(=O)c4cc(Cl)cc(Cl)c4)CC3)c[nH]c12. The number of benzene rings is 2. The van der Waals surface area contributed by atoms with Crippen molar-refractivity contribution in [2.45, 2.75) is 13.3 Å². The minimum absolute atomic E-state index is 0.0422. The quantitative estimate of drug-likeness (QED) is 0.602. The second-order valence-electron chi connectivity index (χ2n) is 6.59. The highest BCUT2D eigenvalue weighted by Crippen LogP contribution is 2.31. The van der Waals surface area contributed by atoms with E-state index < -0.39 is 0 Å². The average molecular weight is 385 g/mol. The number of carbonyl (C=O) groups is 1. The number of aromatic nitrogens is 1. The monoisotopic (exact) mass is 384 g/mol. The van der Waals surface area contributed by atoms with Crippen molar-refractivity contribution < 1.29 is 4.79 Å². The van der Waals surface area contributed by atoms with E-state index in [-0.39, 0.29) is 5.91 Å². The van der Waals surface area contributed by atoms with E-state index in [0.717, 1.165) is 6.42 Å². The van der Waals surface area contributed by atoms with E-state index in [4.69, 9.17) is 23.2 Å². The smallest absolute Gasteiger partial charge is 0.254 e. The molecule has 0 aliphatic carbocycles. The van der Waals surface area contributed by atoms with E-state index in [1.165, 1.54) is 27.6 Å². The van der Waals surface area contributed by atoms with Crippen LogP contribution in [-0.2, 0) is 0 Å². The zero-order chi connectivity index (χ0) is 18.3. The molecular weight excluding hydrogens is 367 g/mol.